The molecule has 5 heteroatoms. The maximum absolute atomic E-state index is 13.4. The van der Waals surface area contributed by atoms with Crippen LogP contribution < -0.4 is 10.6 Å². The van der Waals surface area contributed by atoms with E-state index in [0.29, 0.717) is 16.8 Å². The lowest BCUT2D eigenvalue weighted by molar-refractivity contribution is 0.102. The highest BCUT2D eigenvalue weighted by Gasteiger charge is 2.08. The van der Waals surface area contributed by atoms with Crippen molar-refractivity contribution in [2.24, 2.45) is 0 Å². The van der Waals surface area contributed by atoms with Crippen molar-refractivity contribution in [1.29, 1.82) is 0 Å². The van der Waals surface area contributed by atoms with Gasteiger partial charge < -0.3 is 10.6 Å². The van der Waals surface area contributed by atoms with Gasteiger partial charge in [-0.25, -0.2) is 9.37 Å². The highest BCUT2D eigenvalue weighted by molar-refractivity contribution is 6.04. The molecule has 0 bridgehead atoms. The number of nitrogens with one attached hydrogen (secondary N) is 2. The number of pyridine rings is 1. The topological polar surface area (TPSA) is 54.0 Å². The normalized spacial score (nSPS) is 10.2. The molecule has 2 rings (SSSR count). The van der Waals surface area contributed by atoms with Gasteiger partial charge in [-0.05, 0) is 43.2 Å². The van der Waals surface area contributed by atoms with Crippen molar-refractivity contribution >= 4 is 17.4 Å². The lowest BCUT2D eigenvalue weighted by Gasteiger charge is -2.07. The number of benzene rings is 1. The average Bonchev–Trinajstić information content (AvgIpc) is 2.49. The van der Waals surface area contributed by atoms with E-state index in [1.165, 1.54) is 12.3 Å². The van der Waals surface area contributed by atoms with E-state index in [-0.39, 0.29) is 11.7 Å². The van der Waals surface area contributed by atoms with Gasteiger partial charge in [0.15, 0.2) is 0 Å². The van der Waals surface area contributed by atoms with Gasteiger partial charge in [-0.1, -0.05) is 13.0 Å². The summed E-state index contributed by atoms with van der Waals surface area (Å²) in [5, 5.41) is 5.78. The lowest BCUT2D eigenvalue weighted by Crippen LogP contribution is -2.13. The van der Waals surface area contributed by atoms with Crippen molar-refractivity contribution in [3.8, 4) is 0 Å². The van der Waals surface area contributed by atoms with Crippen molar-refractivity contribution in [2.45, 2.75) is 20.3 Å². The first-order valence-electron chi connectivity index (χ1n) is 6.87. The molecule has 0 aliphatic carbocycles. The van der Waals surface area contributed by atoms with Crippen LogP contribution in [-0.4, -0.2) is 17.4 Å². The summed E-state index contributed by atoms with van der Waals surface area (Å²) in [5.74, 6) is 0.0765. The van der Waals surface area contributed by atoms with Crippen molar-refractivity contribution in [3.63, 3.8) is 0 Å². The molecule has 1 aromatic heterocycles. The number of aryl methyl sites for hydroxylation is 1. The Balaban J connectivity index is 2.04. The van der Waals surface area contributed by atoms with E-state index in [4.69, 9.17) is 0 Å². The van der Waals surface area contributed by atoms with Crippen molar-refractivity contribution in [2.75, 3.05) is 17.2 Å². The zero-order valence-electron chi connectivity index (χ0n) is 12.1. The summed E-state index contributed by atoms with van der Waals surface area (Å²) >= 11 is 0. The van der Waals surface area contributed by atoms with Crippen LogP contribution in [0.2, 0.25) is 0 Å². The zero-order valence-corrected chi connectivity index (χ0v) is 12.1. The van der Waals surface area contributed by atoms with Crippen molar-refractivity contribution in [3.05, 3.63) is 53.5 Å². The van der Waals surface area contributed by atoms with Crippen molar-refractivity contribution in [1.82, 2.24) is 4.98 Å². The van der Waals surface area contributed by atoms with Crippen LogP contribution in [0.4, 0.5) is 15.9 Å². The molecule has 0 radical (unpaired) electrons. The predicted octanol–water partition coefficient (Wildman–Crippen LogP) is 3.60. The first kappa shape index (κ1) is 15.0. The first-order chi connectivity index (χ1) is 10.1. The number of carbonyl (C=O) groups is 1. The summed E-state index contributed by atoms with van der Waals surface area (Å²) in [6.07, 6.45) is 2.50. The summed E-state index contributed by atoms with van der Waals surface area (Å²) in [5.41, 5.74) is 1.40. The molecule has 4 nitrogen and oxygen atoms in total. The van der Waals surface area contributed by atoms with Crippen LogP contribution in [0.1, 0.15) is 29.3 Å². The first-order valence-corrected chi connectivity index (χ1v) is 6.87. The Bertz CT molecular complexity index is 626. The minimum Gasteiger partial charge on any atom is -0.370 e. The van der Waals surface area contributed by atoms with E-state index in [1.807, 2.05) is 0 Å². The standard InChI is InChI=1S/C16H18FN3O/c1-3-8-18-15-7-5-12(10-19-15)16(21)20-13-6-4-11(2)14(17)9-13/h4-7,9-10H,3,8H2,1-2H3,(H,18,19)(H,20,21). The molecule has 0 saturated carbocycles. The van der Waals surface area contributed by atoms with Crippen LogP contribution in [0.25, 0.3) is 0 Å². The van der Waals surface area contributed by atoms with E-state index in [2.05, 4.69) is 22.5 Å². The molecule has 2 N–H and O–H groups in total. The molecule has 0 unspecified atom stereocenters. The zero-order chi connectivity index (χ0) is 15.2. The number of rotatable bonds is 5. The van der Waals surface area contributed by atoms with Crippen LogP contribution in [0.15, 0.2) is 36.5 Å². The van der Waals surface area contributed by atoms with Gasteiger partial charge in [0.25, 0.3) is 5.91 Å². The Morgan fingerprint density at radius 1 is 1.29 bits per heavy atom. The summed E-state index contributed by atoms with van der Waals surface area (Å²) in [6.45, 7) is 4.57. The van der Waals surface area contributed by atoms with E-state index < -0.39 is 0 Å². The summed E-state index contributed by atoms with van der Waals surface area (Å²) < 4.78 is 13.4. The Kier molecular flexibility index (Phi) is 4.87. The maximum Gasteiger partial charge on any atom is 0.257 e. The number of hydrogen-bond acceptors (Lipinski definition) is 3. The molecule has 0 fully saturated rings. The SMILES string of the molecule is CCCNc1ccc(C(=O)Nc2ccc(C)c(F)c2)cn1. The van der Waals surface area contributed by atoms with E-state index in [9.17, 15) is 9.18 Å². The monoisotopic (exact) mass is 287 g/mol. The molecule has 1 heterocycles. The summed E-state index contributed by atoms with van der Waals surface area (Å²) in [7, 11) is 0. The van der Waals surface area contributed by atoms with Gasteiger partial charge in [-0.3, -0.25) is 4.79 Å². The molecule has 0 spiro atoms. The van der Waals surface area contributed by atoms with Gasteiger partial charge in [0, 0.05) is 18.4 Å². The van der Waals surface area contributed by atoms with Crippen LogP contribution in [0.3, 0.4) is 0 Å². The van der Waals surface area contributed by atoms with Gasteiger partial charge in [0.1, 0.15) is 11.6 Å². The third-order valence-electron chi connectivity index (χ3n) is 3.01. The average molecular weight is 287 g/mol. The number of hydrogen-bond donors (Lipinski definition) is 2. The molecule has 110 valence electrons. The van der Waals surface area contributed by atoms with E-state index in [0.717, 1.165) is 18.8 Å². The second-order valence-corrected chi connectivity index (χ2v) is 4.78. The van der Waals surface area contributed by atoms with Crippen LogP contribution in [-0.2, 0) is 0 Å². The molecule has 1 aromatic carbocycles. The summed E-state index contributed by atoms with van der Waals surface area (Å²) in [4.78, 5) is 16.2. The molecular weight excluding hydrogens is 269 g/mol. The number of carbonyl (C=O) groups excluding carboxylic acids is 1. The minimum atomic E-state index is -0.343. The maximum atomic E-state index is 13.4. The van der Waals surface area contributed by atoms with E-state index in [1.54, 1.807) is 31.2 Å². The molecule has 1 amide bonds. The molecule has 0 atom stereocenters. The second kappa shape index (κ2) is 6.83. The fraction of sp³-hybridized carbons (Fsp3) is 0.250. The fourth-order valence-corrected chi connectivity index (χ4v) is 1.76. The largest absolute Gasteiger partial charge is 0.370 e. The number of nitrogens with zero attached hydrogens (tertiary/aromatic N) is 1. The van der Waals surface area contributed by atoms with Crippen LogP contribution in [0.5, 0.6) is 0 Å². The molecule has 0 aliphatic heterocycles. The van der Waals surface area contributed by atoms with Gasteiger partial charge >= 0.3 is 0 Å². The Labute approximate surface area is 123 Å². The van der Waals surface area contributed by atoms with Crippen LogP contribution >= 0.6 is 0 Å². The third kappa shape index (κ3) is 4.02. The molecular formula is C16H18FN3O. The number of amides is 1. The van der Waals surface area contributed by atoms with Gasteiger partial charge in [-0.15, -0.1) is 0 Å². The van der Waals surface area contributed by atoms with Crippen LogP contribution in [0, 0.1) is 12.7 Å². The molecule has 2 aromatic rings. The summed E-state index contributed by atoms with van der Waals surface area (Å²) in [6, 6.07) is 8.03. The molecule has 0 aliphatic rings. The minimum absolute atomic E-state index is 0.312. The fourth-order valence-electron chi connectivity index (χ4n) is 1.76. The number of aromatic nitrogens is 1. The third-order valence-corrected chi connectivity index (χ3v) is 3.01. The highest BCUT2D eigenvalue weighted by atomic mass is 19.1. The molecule has 0 saturated heterocycles. The highest BCUT2D eigenvalue weighted by Crippen LogP contribution is 2.15. The Morgan fingerprint density at radius 3 is 2.71 bits per heavy atom. The Morgan fingerprint density at radius 2 is 2.10 bits per heavy atom. The second-order valence-electron chi connectivity index (χ2n) is 4.78. The number of anilines is 2. The van der Waals surface area contributed by atoms with Crippen molar-refractivity contribution < 1.29 is 9.18 Å². The van der Waals surface area contributed by atoms with Gasteiger partial charge in [0.05, 0.1) is 5.56 Å². The van der Waals surface area contributed by atoms with Gasteiger partial charge in [0.2, 0.25) is 0 Å². The number of halogens is 1. The lowest BCUT2D eigenvalue weighted by atomic mass is 10.2. The Hall–Kier alpha value is -2.43. The van der Waals surface area contributed by atoms with Gasteiger partial charge in [-0.2, -0.15) is 0 Å². The predicted molar refractivity (Wildman–Crippen MR) is 82.1 cm³/mol. The quantitative estimate of drug-likeness (QED) is 0.883. The van der Waals surface area contributed by atoms with E-state index >= 15 is 0 Å². The smallest absolute Gasteiger partial charge is 0.257 e. The molecule has 21 heavy (non-hydrogen) atoms.